The topological polar surface area (TPSA) is 68.1 Å². The molecule has 1 unspecified atom stereocenters. The number of hydrogen-bond donors (Lipinski definition) is 0. The van der Waals surface area contributed by atoms with E-state index in [2.05, 4.69) is 9.97 Å². The maximum Gasteiger partial charge on any atom is 0.211 e. The highest BCUT2D eigenvalue weighted by molar-refractivity contribution is 7.88. The van der Waals surface area contributed by atoms with E-state index >= 15 is 0 Å². The summed E-state index contributed by atoms with van der Waals surface area (Å²) in [5.74, 6) is 0.150. The zero-order chi connectivity index (χ0) is 14.9. The van der Waals surface area contributed by atoms with E-state index in [0.29, 0.717) is 13.1 Å². The molecule has 1 saturated heterocycles. The van der Waals surface area contributed by atoms with Crippen LogP contribution in [0.4, 0.5) is 0 Å². The predicted octanol–water partition coefficient (Wildman–Crippen LogP) is 1.41. The van der Waals surface area contributed by atoms with Crippen molar-refractivity contribution in [2.24, 2.45) is 0 Å². The molecule has 0 spiro atoms. The first-order valence-electron chi connectivity index (χ1n) is 6.93. The highest BCUT2D eigenvalue weighted by atomic mass is 32.2. The van der Waals surface area contributed by atoms with Gasteiger partial charge in [-0.2, -0.15) is 0 Å². The summed E-state index contributed by atoms with van der Waals surface area (Å²) in [6.45, 7) is 1.12. The number of sulfonamides is 1. The zero-order valence-corrected chi connectivity index (χ0v) is 12.7. The first-order valence-corrected chi connectivity index (χ1v) is 8.78. The minimum absolute atomic E-state index is 0.150. The van der Waals surface area contributed by atoms with Gasteiger partial charge in [-0.15, -0.1) is 0 Å². The minimum Gasteiger partial charge on any atom is -0.306 e. The minimum atomic E-state index is -3.13. The fourth-order valence-corrected chi connectivity index (χ4v) is 3.63. The van der Waals surface area contributed by atoms with Gasteiger partial charge in [-0.3, -0.25) is 4.98 Å². The summed E-state index contributed by atoms with van der Waals surface area (Å²) in [4.78, 5) is 8.47. The summed E-state index contributed by atoms with van der Waals surface area (Å²) < 4.78 is 26.9. The summed E-state index contributed by atoms with van der Waals surface area (Å²) in [6, 6.07) is 3.93. The van der Waals surface area contributed by atoms with Crippen LogP contribution in [0.1, 0.15) is 24.5 Å². The molecule has 112 valence electrons. The second-order valence-electron chi connectivity index (χ2n) is 5.37. The SMILES string of the molecule is CS(=O)(=O)N1CCCC(c2cc(-n3ccnc3)ccn2)C1. The van der Waals surface area contributed by atoms with Crippen LogP contribution in [0.15, 0.2) is 37.1 Å². The van der Waals surface area contributed by atoms with Gasteiger partial charge in [0.2, 0.25) is 10.0 Å². The summed E-state index contributed by atoms with van der Waals surface area (Å²) in [7, 11) is -3.13. The van der Waals surface area contributed by atoms with Gasteiger partial charge in [0.1, 0.15) is 0 Å². The number of hydrogen-bond acceptors (Lipinski definition) is 4. The molecule has 0 radical (unpaired) electrons. The third-order valence-corrected chi connectivity index (χ3v) is 5.11. The highest BCUT2D eigenvalue weighted by Gasteiger charge is 2.27. The number of rotatable bonds is 3. The Morgan fingerprint density at radius 3 is 2.90 bits per heavy atom. The van der Waals surface area contributed by atoms with E-state index in [1.807, 2.05) is 22.9 Å². The van der Waals surface area contributed by atoms with Gasteiger partial charge in [0, 0.05) is 49.0 Å². The van der Waals surface area contributed by atoms with E-state index in [1.54, 1.807) is 23.0 Å². The molecule has 1 atom stereocenters. The molecule has 21 heavy (non-hydrogen) atoms. The van der Waals surface area contributed by atoms with Gasteiger partial charge < -0.3 is 4.57 Å². The Morgan fingerprint density at radius 1 is 1.33 bits per heavy atom. The van der Waals surface area contributed by atoms with Gasteiger partial charge in [-0.25, -0.2) is 17.7 Å². The van der Waals surface area contributed by atoms with Gasteiger partial charge in [-0.05, 0) is 25.0 Å². The Labute approximate surface area is 124 Å². The molecule has 0 aliphatic carbocycles. The van der Waals surface area contributed by atoms with Crippen molar-refractivity contribution in [1.82, 2.24) is 18.8 Å². The largest absolute Gasteiger partial charge is 0.306 e. The molecular weight excluding hydrogens is 288 g/mol. The van der Waals surface area contributed by atoms with Crippen LogP contribution in [-0.2, 0) is 10.0 Å². The molecule has 1 aliphatic heterocycles. The van der Waals surface area contributed by atoms with E-state index < -0.39 is 10.0 Å². The lowest BCUT2D eigenvalue weighted by atomic mass is 9.95. The summed E-state index contributed by atoms with van der Waals surface area (Å²) >= 11 is 0. The van der Waals surface area contributed by atoms with Crippen molar-refractivity contribution in [2.75, 3.05) is 19.3 Å². The van der Waals surface area contributed by atoms with E-state index in [-0.39, 0.29) is 5.92 Å². The van der Waals surface area contributed by atoms with Crippen LogP contribution in [0.2, 0.25) is 0 Å². The van der Waals surface area contributed by atoms with E-state index in [1.165, 1.54) is 6.26 Å². The van der Waals surface area contributed by atoms with Crippen molar-refractivity contribution in [3.63, 3.8) is 0 Å². The Kier molecular flexibility index (Phi) is 3.77. The second kappa shape index (κ2) is 5.57. The van der Waals surface area contributed by atoms with E-state index in [9.17, 15) is 8.42 Å². The number of nitrogens with zero attached hydrogens (tertiary/aromatic N) is 4. The molecule has 3 heterocycles. The van der Waals surface area contributed by atoms with Gasteiger partial charge in [0.05, 0.1) is 12.6 Å². The van der Waals surface area contributed by atoms with Crippen molar-refractivity contribution in [2.45, 2.75) is 18.8 Å². The molecule has 0 amide bonds. The zero-order valence-electron chi connectivity index (χ0n) is 11.9. The fraction of sp³-hybridized carbons (Fsp3) is 0.429. The summed E-state index contributed by atoms with van der Waals surface area (Å²) in [5.41, 5.74) is 1.93. The summed E-state index contributed by atoms with van der Waals surface area (Å²) in [5, 5.41) is 0. The summed E-state index contributed by atoms with van der Waals surface area (Å²) in [6.07, 6.45) is 10.2. The number of imidazole rings is 1. The van der Waals surface area contributed by atoms with Crippen LogP contribution in [0.5, 0.6) is 0 Å². The second-order valence-corrected chi connectivity index (χ2v) is 7.35. The van der Waals surface area contributed by atoms with Crippen molar-refractivity contribution < 1.29 is 8.42 Å². The lowest BCUT2D eigenvalue weighted by molar-refractivity contribution is 0.314. The van der Waals surface area contributed by atoms with Crippen molar-refractivity contribution in [1.29, 1.82) is 0 Å². The van der Waals surface area contributed by atoms with Gasteiger partial charge in [0.15, 0.2) is 0 Å². The highest BCUT2D eigenvalue weighted by Crippen LogP contribution is 2.27. The van der Waals surface area contributed by atoms with Crippen LogP contribution in [0.3, 0.4) is 0 Å². The molecule has 7 heteroatoms. The maximum atomic E-state index is 11.7. The molecule has 2 aromatic heterocycles. The van der Waals surface area contributed by atoms with Gasteiger partial charge in [-0.1, -0.05) is 0 Å². The molecule has 0 saturated carbocycles. The molecule has 0 aromatic carbocycles. The molecule has 0 N–H and O–H groups in total. The Bertz CT molecular complexity index is 712. The molecular formula is C14H18N4O2S. The maximum absolute atomic E-state index is 11.7. The average Bonchev–Trinajstić information content (AvgIpc) is 3.01. The molecule has 1 fully saturated rings. The predicted molar refractivity (Wildman–Crippen MR) is 79.8 cm³/mol. The third-order valence-electron chi connectivity index (χ3n) is 3.84. The number of piperidine rings is 1. The van der Waals surface area contributed by atoms with E-state index in [4.69, 9.17) is 0 Å². The fourth-order valence-electron chi connectivity index (χ4n) is 2.72. The Hall–Kier alpha value is -1.73. The smallest absolute Gasteiger partial charge is 0.211 e. The molecule has 6 nitrogen and oxygen atoms in total. The van der Waals surface area contributed by atoms with Crippen LogP contribution in [-0.4, -0.2) is 46.6 Å². The van der Waals surface area contributed by atoms with Crippen molar-refractivity contribution >= 4 is 10.0 Å². The molecule has 0 bridgehead atoms. The molecule has 3 rings (SSSR count). The van der Waals surface area contributed by atoms with Gasteiger partial charge in [0.25, 0.3) is 0 Å². The van der Waals surface area contributed by atoms with Crippen LogP contribution in [0, 0.1) is 0 Å². The standard InChI is InChI=1S/C14H18N4O2S/c1-21(19,20)18-7-2-3-12(10-18)14-9-13(4-5-16-14)17-8-6-15-11-17/h4-6,8-9,11-12H,2-3,7,10H2,1H3. The third kappa shape index (κ3) is 3.14. The first kappa shape index (κ1) is 14.2. The van der Waals surface area contributed by atoms with Gasteiger partial charge >= 0.3 is 0 Å². The first-order chi connectivity index (χ1) is 10.0. The lowest BCUT2D eigenvalue weighted by Gasteiger charge is -2.30. The number of aromatic nitrogens is 3. The number of pyridine rings is 1. The lowest BCUT2D eigenvalue weighted by Crippen LogP contribution is -2.38. The van der Waals surface area contributed by atoms with Crippen LogP contribution in [0.25, 0.3) is 5.69 Å². The van der Waals surface area contributed by atoms with E-state index in [0.717, 1.165) is 24.2 Å². The Balaban J connectivity index is 1.85. The van der Waals surface area contributed by atoms with Crippen molar-refractivity contribution in [3.05, 3.63) is 42.7 Å². The quantitative estimate of drug-likeness (QED) is 0.860. The van der Waals surface area contributed by atoms with Crippen LogP contribution >= 0.6 is 0 Å². The molecule has 1 aliphatic rings. The normalized spacial score (nSPS) is 20.5. The molecule has 2 aromatic rings. The monoisotopic (exact) mass is 306 g/mol. The van der Waals surface area contributed by atoms with Crippen LogP contribution < -0.4 is 0 Å². The van der Waals surface area contributed by atoms with Crippen molar-refractivity contribution in [3.8, 4) is 5.69 Å². The average molecular weight is 306 g/mol. The Morgan fingerprint density at radius 2 is 2.19 bits per heavy atom.